The molecule has 0 atom stereocenters. The zero-order chi connectivity index (χ0) is 22.9. The van der Waals surface area contributed by atoms with E-state index in [1.807, 2.05) is 91.0 Å². The van der Waals surface area contributed by atoms with Crippen LogP contribution in [0.15, 0.2) is 91.0 Å². The maximum Gasteiger partial charge on any atom is 0.408 e. The number of ether oxygens (including phenoxy) is 2. The third kappa shape index (κ3) is 5.92. The van der Waals surface area contributed by atoms with Crippen LogP contribution in [0, 0.1) is 0 Å². The third-order valence-electron chi connectivity index (χ3n) is 5.90. The Morgan fingerprint density at radius 1 is 0.818 bits per heavy atom. The summed E-state index contributed by atoms with van der Waals surface area (Å²) >= 11 is 0. The zero-order valence-electron chi connectivity index (χ0n) is 18.5. The lowest BCUT2D eigenvalue weighted by molar-refractivity contribution is -0.138. The smallest absolute Gasteiger partial charge is 0.408 e. The van der Waals surface area contributed by atoms with E-state index in [1.165, 1.54) is 0 Å². The number of piperidine rings is 1. The summed E-state index contributed by atoms with van der Waals surface area (Å²) < 4.78 is 11.6. The van der Waals surface area contributed by atoms with Gasteiger partial charge in [0.05, 0.1) is 0 Å². The molecule has 6 nitrogen and oxygen atoms in total. The molecule has 170 valence electrons. The maximum atomic E-state index is 12.7. The number of nitrogens with one attached hydrogen (secondary N) is 1. The third-order valence-corrected chi connectivity index (χ3v) is 5.90. The van der Waals surface area contributed by atoms with Crippen LogP contribution >= 0.6 is 0 Å². The first kappa shape index (κ1) is 22.4. The lowest BCUT2D eigenvalue weighted by atomic mass is 9.84. The largest absolute Gasteiger partial charge is 0.484 e. The molecule has 1 N–H and O–H groups in total. The predicted molar refractivity (Wildman–Crippen MR) is 126 cm³/mol. The van der Waals surface area contributed by atoms with Crippen molar-refractivity contribution in [3.63, 3.8) is 0 Å². The quantitative estimate of drug-likeness (QED) is 0.582. The zero-order valence-corrected chi connectivity index (χ0v) is 18.5. The van der Waals surface area contributed by atoms with Gasteiger partial charge in [-0.2, -0.15) is 0 Å². The Balaban J connectivity index is 1.37. The summed E-state index contributed by atoms with van der Waals surface area (Å²) in [5.74, 6) is 0.592. The van der Waals surface area contributed by atoms with E-state index in [2.05, 4.69) is 5.32 Å². The second-order valence-electron chi connectivity index (χ2n) is 8.07. The molecule has 2 amide bonds. The monoisotopic (exact) mass is 444 g/mol. The molecule has 0 bridgehead atoms. The molecule has 1 aliphatic heterocycles. The maximum absolute atomic E-state index is 12.7. The molecule has 3 aromatic carbocycles. The molecule has 0 aromatic heterocycles. The first-order valence-electron chi connectivity index (χ1n) is 11.2. The van der Waals surface area contributed by atoms with Crippen LogP contribution in [0.1, 0.15) is 24.0 Å². The highest BCUT2D eigenvalue weighted by Gasteiger charge is 2.41. The summed E-state index contributed by atoms with van der Waals surface area (Å²) in [5, 5.41) is 2.85. The van der Waals surface area contributed by atoms with Crippen molar-refractivity contribution in [1.82, 2.24) is 10.2 Å². The van der Waals surface area contributed by atoms with Gasteiger partial charge < -0.3 is 19.7 Å². The molecule has 0 aliphatic carbocycles. The molecule has 1 heterocycles. The number of rotatable bonds is 7. The minimum atomic E-state index is -0.779. The Morgan fingerprint density at radius 2 is 1.39 bits per heavy atom. The number of carbonyl (C=O) groups is 2. The van der Waals surface area contributed by atoms with E-state index >= 15 is 0 Å². The number of carbonyl (C=O) groups excluding carboxylic acids is 2. The number of alkyl carbamates (subject to hydrolysis) is 1. The van der Waals surface area contributed by atoms with E-state index in [4.69, 9.17) is 9.47 Å². The fourth-order valence-corrected chi connectivity index (χ4v) is 4.05. The van der Waals surface area contributed by atoms with E-state index in [0.717, 1.165) is 11.1 Å². The summed E-state index contributed by atoms with van der Waals surface area (Å²) in [6.45, 7) is 1.35. The fourth-order valence-electron chi connectivity index (χ4n) is 4.05. The van der Waals surface area contributed by atoms with Gasteiger partial charge in [-0.05, 0) is 23.3 Å². The highest BCUT2D eigenvalue weighted by atomic mass is 16.6. The molecule has 0 spiro atoms. The van der Waals surface area contributed by atoms with E-state index in [9.17, 15) is 9.59 Å². The lowest BCUT2D eigenvalue weighted by Crippen LogP contribution is -2.49. The Kier molecular flexibility index (Phi) is 7.25. The van der Waals surface area contributed by atoms with Gasteiger partial charge in [-0.1, -0.05) is 78.9 Å². The molecule has 3 aromatic rings. The molecular weight excluding hydrogens is 416 g/mol. The summed E-state index contributed by atoms with van der Waals surface area (Å²) in [7, 11) is 0. The Hall–Kier alpha value is -3.80. The van der Waals surface area contributed by atoms with Gasteiger partial charge in [-0.15, -0.1) is 0 Å². The Morgan fingerprint density at radius 3 is 2.03 bits per heavy atom. The van der Waals surface area contributed by atoms with Gasteiger partial charge in [0.2, 0.25) is 0 Å². The molecule has 0 unspecified atom stereocenters. The minimum absolute atomic E-state index is 0.0131. The van der Waals surface area contributed by atoms with Crippen LogP contribution in [0.2, 0.25) is 0 Å². The van der Waals surface area contributed by atoms with Gasteiger partial charge in [-0.25, -0.2) is 4.79 Å². The van der Waals surface area contributed by atoms with Crippen LogP contribution in [0.25, 0.3) is 0 Å². The Labute approximate surface area is 194 Å². The number of likely N-dealkylation sites (tertiary alicyclic amines) is 1. The van der Waals surface area contributed by atoms with Crippen molar-refractivity contribution in [3.8, 4) is 5.75 Å². The van der Waals surface area contributed by atoms with Crippen molar-refractivity contribution in [2.45, 2.75) is 25.0 Å². The number of amides is 2. The summed E-state index contributed by atoms with van der Waals surface area (Å²) in [4.78, 5) is 27.2. The van der Waals surface area contributed by atoms with Crippen molar-refractivity contribution < 1.29 is 19.1 Å². The van der Waals surface area contributed by atoms with Crippen LogP contribution in [-0.4, -0.2) is 36.6 Å². The molecule has 1 fully saturated rings. The lowest BCUT2D eigenvalue weighted by Gasteiger charge is -2.41. The molecule has 33 heavy (non-hydrogen) atoms. The number of benzene rings is 3. The number of nitrogens with zero attached hydrogens (tertiary/aromatic N) is 1. The molecule has 1 saturated heterocycles. The Bertz CT molecular complexity index is 1030. The molecule has 1 aliphatic rings. The summed E-state index contributed by atoms with van der Waals surface area (Å²) in [6, 6.07) is 28.8. The number of hydrogen-bond acceptors (Lipinski definition) is 4. The van der Waals surface area contributed by atoms with Gasteiger partial charge >= 0.3 is 6.09 Å². The predicted octanol–water partition coefficient (Wildman–Crippen LogP) is 4.51. The first-order valence-corrected chi connectivity index (χ1v) is 11.2. The van der Waals surface area contributed by atoms with Gasteiger partial charge in [0.25, 0.3) is 5.91 Å². The highest BCUT2D eigenvalue weighted by molar-refractivity contribution is 5.78. The van der Waals surface area contributed by atoms with E-state index in [0.29, 0.717) is 38.2 Å². The van der Waals surface area contributed by atoms with Crippen LogP contribution in [0.3, 0.4) is 0 Å². The first-order chi connectivity index (χ1) is 16.1. The molecule has 0 saturated carbocycles. The van der Waals surface area contributed by atoms with Crippen molar-refractivity contribution in [2.24, 2.45) is 0 Å². The van der Waals surface area contributed by atoms with Gasteiger partial charge in [0.15, 0.2) is 6.61 Å². The molecule has 6 heteroatoms. The van der Waals surface area contributed by atoms with Gasteiger partial charge in [0, 0.05) is 32.5 Å². The molecule has 4 rings (SSSR count). The average molecular weight is 445 g/mol. The summed E-state index contributed by atoms with van der Waals surface area (Å²) in [6.07, 6.45) is 0.578. The van der Waals surface area contributed by atoms with E-state index in [-0.39, 0.29) is 12.5 Å². The molecular formula is C27H28N2O4. The summed E-state index contributed by atoms with van der Waals surface area (Å²) in [5.41, 5.74) is 1.16. The minimum Gasteiger partial charge on any atom is -0.484 e. The van der Waals surface area contributed by atoms with Crippen molar-refractivity contribution in [3.05, 3.63) is 102 Å². The fraction of sp³-hybridized carbons (Fsp3) is 0.259. The van der Waals surface area contributed by atoms with Crippen molar-refractivity contribution in [1.29, 1.82) is 0 Å². The second-order valence-corrected chi connectivity index (χ2v) is 8.07. The molecule has 0 radical (unpaired) electrons. The standard InChI is InChI=1S/C27H28N2O4/c30-25(21-32-24-14-8-3-9-15-24)29-18-16-27(17-19-29,23-12-6-2-7-13-23)33-26(31)28-20-22-10-4-1-5-11-22/h1-15H,16-21H2,(H,28,31). The SMILES string of the molecule is O=C(NCc1ccccc1)OC1(c2ccccc2)CCN(C(=O)COc2ccccc2)CC1. The van der Waals surface area contributed by atoms with Crippen LogP contribution < -0.4 is 10.1 Å². The second kappa shape index (κ2) is 10.7. The van der Waals surface area contributed by atoms with Crippen LogP contribution in [0.5, 0.6) is 5.75 Å². The van der Waals surface area contributed by atoms with Crippen molar-refractivity contribution >= 4 is 12.0 Å². The highest BCUT2D eigenvalue weighted by Crippen LogP contribution is 2.37. The van der Waals surface area contributed by atoms with E-state index in [1.54, 1.807) is 4.90 Å². The van der Waals surface area contributed by atoms with Gasteiger partial charge in [-0.3, -0.25) is 4.79 Å². The van der Waals surface area contributed by atoms with Crippen molar-refractivity contribution in [2.75, 3.05) is 19.7 Å². The van der Waals surface area contributed by atoms with Crippen LogP contribution in [-0.2, 0) is 21.7 Å². The number of para-hydroxylation sites is 1. The number of hydrogen-bond donors (Lipinski definition) is 1. The topological polar surface area (TPSA) is 67.9 Å². The average Bonchev–Trinajstić information content (AvgIpc) is 2.88. The normalized spacial score (nSPS) is 14.8. The van der Waals surface area contributed by atoms with E-state index < -0.39 is 11.7 Å². The van der Waals surface area contributed by atoms with Crippen LogP contribution in [0.4, 0.5) is 4.79 Å². The van der Waals surface area contributed by atoms with Gasteiger partial charge in [0.1, 0.15) is 11.4 Å².